The van der Waals surface area contributed by atoms with E-state index < -0.39 is 0 Å². The number of fused-ring (bicyclic) bond motifs is 4. The van der Waals surface area contributed by atoms with Crippen molar-refractivity contribution in [3.8, 4) is 11.4 Å². The van der Waals surface area contributed by atoms with Crippen molar-refractivity contribution in [3.05, 3.63) is 36.2 Å². The summed E-state index contributed by atoms with van der Waals surface area (Å²) in [4.78, 5) is 21.3. The van der Waals surface area contributed by atoms with Gasteiger partial charge in [0.05, 0.1) is 11.9 Å². The van der Waals surface area contributed by atoms with Crippen LogP contribution in [0.2, 0.25) is 0 Å². The minimum Gasteiger partial charge on any atom is -0.348 e. The molecule has 2 fully saturated rings. The van der Waals surface area contributed by atoms with Crippen molar-refractivity contribution < 1.29 is 4.39 Å². The Hall–Kier alpha value is -2.36. The van der Waals surface area contributed by atoms with Crippen molar-refractivity contribution in [1.82, 2.24) is 29.7 Å². The van der Waals surface area contributed by atoms with E-state index in [2.05, 4.69) is 27.2 Å². The summed E-state index contributed by atoms with van der Waals surface area (Å²) in [7, 11) is 2.13. The Balaban J connectivity index is 0.00000204. The number of anilines is 1. The maximum absolute atomic E-state index is 14.5. The average Bonchev–Trinajstić information content (AvgIpc) is 3.42. The van der Waals surface area contributed by atoms with Crippen LogP contribution in [0.5, 0.6) is 0 Å². The van der Waals surface area contributed by atoms with Crippen LogP contribution in [0.25, 0.3) is 27.4 Å². The molecule has 10 heteroatoms. The van der Waals surface area contributed by atoms with E-state index in [4.69, 9.17) is 9.97 Å². The molecule has 7 nitrogen and oxygen atoms in total. The van der Waals surface area contributed by atoms with Crippen LogP contribution < -0.4 is 10.2 Å². The molecule has 4 aromatic heterocycles. The number of pyridine rings is 1. The van der Waals surface area contributed by atoms with Crippen molar-refractivity contribution in [3.63, 3.8) is 0 Å². The minimum absolute atomic E-state index is 0. The van der Waals surface area contributed by atoms with Gasteiger partial charge in [-0.2, -0.15) is 0 Å². The lowest BCUT2D eigenvalue weighted by molar-refractivity contribution is 0.354. The lowest BCUT2D eigenvalue weighted by atomic mass is 9.99. The van der Waals surface area contributed by atoms with Crippen molar-refractivity contribution in [2.75, 3.05) is 11.9 Å². The fourth-order valence-corrected chi connectivity index (χ4v) is 5.76. The number of piperidine rings is 1. The molecule has 162 valence electrons. The number of rotatable bonds is 3. The zero-order valence-electron chi connectivity index (χ0n) is 17.2. The Bertz CT molecular complexity index is 1260. The monoisotopic (exact) mass is 459 g/mol. The van der Waals surface area contributed by atoms with Gasteiger partial charge in [-0.15, -0.1) is 12.4 Å². The molecule has 6 rings (SSSR count). The summed E-state index contributed by atoms with van der Waals surface area (Å²) in [6, 6.07) is 3.21. The fraction of sp³-hybridized carbons (Fsp3) is 0.429. The molecule has 3 atom stereocenters. The number of nitrogens with zero attached hydrogens (tertiary/aromatic N) is 6. The van der Waals surface area contributed by atoms with Crippen LogP contribution in [-0.4, -0.2) is 49.5 Å². The Morgan fingerprint density at radius 1 is 1.16 bits per heavy atom. The number of aryl methyl sites for hydroxylation is 1. The van der Waals surface area contributed by atoms with Gasteiger partial charge in [0, 0.05) is 43.1 Å². The first-order valence-corrected chi connectivity index (χ1v) is 11.1. The number of imidazole rings is 1. The van der Waals surface area contributed by atoms with Crippen LogP contribution in [0.3, 0.4) is 0 Å². The topological polar surface area (TPSA) is 71.2 Å². The summed E-state index contributed by atoms with van der Waals surface area (Å²) in [5, 5.41) is 4.66. The van der Waals surface area contributed by atoms with E-state index in [1.807, 2.05) is 13.1 Å². The molecule has 6 heterocycles. The molecule has 2 aliphatic heterocycles. The van der Waals surface area contributed by atoms with E-state index in [0.29, 0.717) is 35.2 Å². The van der Waals surface area contributed by atoms with E-state index in [0.717, 1.165) is 34.0 Å². The number of hydrogen-bond donors (Lipinski definition) is 1. The van der Waals surface area contributed by atoms with Crippen molar-refractivity contribution in [1.29, 1.82) is 0 Å². The fourth-order valence-electron chi connectivity index (χ4n) is 4.82. The molecule has 31 heavy (non-hydrogen) atoms. The molecule has 2 aliphatic rings. The highest BCUT2D eigenvalue weighted by atomic mass is 35.5. The maximum atomic E-state index is 14.5. The molecule has 0 saturated carbocycles. The van der Waals surface area contributed by atoms with Crippen LogP contribution in [0.1, 0.15) is 31.4 Å². The molecule has 2 bridgehead atoms. The first-order valence-electron chi connectivity index (χ1n) is 10.3. The zero-order valence-corrected chi connectivity index (χ0v) is 18.9. The number of aromatic nitrogens is 5. The summed E-state index contributed by atoms with van der Waals surface area (Å²) < 4.78 is 16.2. The van der Waals surface area contributed by atoms with Crippen molar-refractivity contribution >= 4 is 44.9 Å². The van der Waals surface area contributed by atoms with Crippen LogP contribution in [0.15, 0.2) is 24.7 Å². The van der Waals surface area contributed by atoms with Crippen molar-refractivity contribution in [2.24, 2.45) is 0 Å². The molecule has 4 aromatic rings. The molecule has 0 radical (unpaired) electrons. The minimum atomic E-state index is -0.380. The molecule has 1 unspecified atom stereocenters. The van der Waals surface area contributed by atoms with Gasteiger partial charge in [0.15, 0.2) is 22.4 Å². The second-order valence-corrected chi connectivity index (χ2v) is 9.40. The molecule has 0 aliphatic carbocycles. The third-order valence-corrected chi connectivity index (χ3v) is 7.38. The second-order valence-electron chi connectivity index (χ2n) is 8.44. The standard InChI is InChI=1S/C21H22FN7S.ClH/c1-11-9-29-10-12(5-16(22)19(29)24-11)18-23-8-17-20(27-18)30-21(26-17)28(2)15-6-13-3-4-14(7-15)25-13;/h5,8-10,13-15,25H,3-4,6-7H2,1-2H3;1H/t13-,14+,15?;. The van der Waals surface area contributed by atoms with Crippen LogP contribution in [-0.2, 0) is 0 Å². The van der Waals surface area contributed by atoms with Crippen LogP contribution in [0.4, 0.5) is 9.52 Å². The highest BCUT2D eigenvalue weighted by Crippen LogP contribution is 2.34. The van der Waals surface area contributed by atoms with E-state index in [1.165, 1.54) is 18.9 Å². The van der Waals surface area contributed by atoms with E-state index in [1.54, 1.807) is 28.1 Å². The Morgan fingerprint density at radius 3 is 2.71 bits per heavy atom. The van der Waals surface area contributed by atoms with Gasteiger partial charge in [0.2, 0.25) is 0 Å². The Labute approximate surface area is 189 Å². The highest BCUT2D eigenvalue weighted by Gasteiger charge is 2.35. The van der Waals surface area contributed by atoms with Gasteiger partial charge in [-0.1, -0.05) is 11.3 Å². The number of nitrogens with one attached hydrogen (secondary N) is 1. The zero-order chi connectivity index (χ0) is 20.4. The van der Waals surface area contributed by atoms with E-state index >= 15 is 0 Å². The molecular formula is C21H23ClFN7S. The molecule has 0 amide bonds. The third-order valence-electron chi connectivity index (χ3n) is 6.32. The van der Waals surface area contributed by atoms with Crippen LogP contribution >= 0.6 is 23.7 Å². The number of thiazole rings is 1. The highest BCUT2D eigenvalue weighted by molar-refractivity contribution is 7.21. The predicted octanol–water partition coefficient (Wildman–Crippen LogP) is 3.99. The summed E-state index contributed by atoms with van der Waals surface area (Å²) in [6.45, 7) is 1.85. The average molecular weight is 460 g/mol. The first kappa shape index (κ1) is 20.5. The lowest BCUT2D eigenvalue weighted by Crippen LogP contribution is -2.47. The van der Waals surface area contributed by atoms with Gasteiger partial charge >= 0.3 is 0 Å². The summed E-state index contributed by atoms with van der Waals surface area (Å²) in [6.07, 6.45) is 10.2. The first-order chi connectivity index (χ1) is 14.5. The van der Waals surface area contributed by atoms with Crippen molar-refractivity contribution in [2.45, 2.75) is 50.7 Å². The van der Waals surface area contributed by atoms with Gasteiger partial charge in [-0.25, -0.2) is 24.3 Å². The maximum Gasteiger partial charge on any atom is 0.187 e. The predicted molar refractivity (Wildman–Crippen MR) is 123 cm³/mol. The lowest BCUT2D eigenvalue weighted by Gasteiger charge is -2.35. The number of hydrogen-bond acceptors (Lipinski definition) is 7. The molecule has 1 N–H and O–H groups in total. The number of halogens is 2. The third kappa shape index (κ3) is 3.54. The Kier molecular flexibility index (Phi) is 5.07. The molecular weight excluding hydrogens is 437 g/mol. The Morgan fingerprint density at radius 2 is 1.94 bits per heavy atom. The summed E-state index contributed by atoms with van der Waals surface area (Å²) in [5.41, 5.74) is 2.49. The van der Waals surface area contributed by atoms with Gasteiger partial charge in [0.1, 0.15) is 10.3 Å². The van der Waals surface area contributed by atoms with Gasteiger partial charge in [0.25, 0.3) is 0 Å². The largest absolute Gasteiger partial charge is 0.348 e. The quantitative estimate of drug-likeness (QED) is 0.499. The normalized spacial score (nSPS) is 22.7. The van der Waals surface area contributed by atoms with Gasteiger partial charge < -0.3 is 14.6 Å². The molecule has 2 saturated heterocycles. The second kappa shape index (κ2) is 7.65. The smallest absolute Gasteiger partial charge is 0.187 e. The van der Waals surface area contributed by atoms with E-state index in [9.17, 15) is 4.39 Å². The summed E-state index contributed by atoms with van der Waals surface area (Å²) in [5.74, 6) is 0.113. The molecule has 0 spiro atoms. The van der Waals surface area contributed by atoms with Crippen LogP contribution in [0, 0.1) is 12.7 Å². The SMILES string of the molecule is Cc1cn2cc(-c3ncc4nc(N(C)C5C[C@H]6CC[C@@H](C5)N6)sc4n3)cc(F)c2n1.Cl. The summed E-state index contributed by atoms with van der Waals surface area (Å²) >= 11 is 1.57. The van der Waals surface area contributed by atoms with Gasteiger partial charge in [-0.05, 0) is 38.7 Å². The van der Waals surface area contributed by atoms with E-state index in [-0.39, 0.29) is 18.2 Å². The molecule has 0 aromatic carbocycles. The van der Waals surface area contributed by atoms with Gasteiger partial charge in [-0.3, -0.25) is 0 Å².